The lowest BCUT2D eigenvalue weighted by atomic mass is 9.73. The number of anilines is 1. The van der Waals surface area contributed by atoms with E-state index in [-0.39, 0.29) is 17.6 Å². The molecule has 5 rings (SSSR count). The van der Waals surface area contributed by atoms with Gasteiger partial charge in [0.25, 0.3) is 5.91 Å². The normalized spacial score (nSPS) is 32.0. The molecule has 1 amide bonds. The predicted molar refractivity (Wildman–Crippen MR) is 102 cm³/mol. The quantitative estimate of drug-likeness (QED) is 0.900. The first-order valence-electron chi connectivity index (χ1n) is 9.32. The van der Waals surface area contributed by atoms with Crippen LogP contribution < -0.4 is 10.2 Å². The maximum Gasteiger partial charge on any atom is 0.251 e. The minimum absolute atomic E-state index is 0.0107. The summed E-state index contributed by atoms with van der Waals surface area (Å²) in [6.45, 7) is 4.64. The molecule has 5 nitrogen and oxygen atoms in total. The van der Waals surface area contributed by atoms with Crippen molar-refractivity contribution in [3.63, 3.8) is 0 Å². The molecule has 6 heteroatoms. The first kappa shape index (κ1) is 16.3. The Morgan fingerprint density at radius 1 is 1.42 bits per heavy atom. The lowest BCUT2D eigenvalue weighted by Gasteiger charge is -2.29. The highest BCUT2D eigenvalue weighted by Gasteiger charge is 2.63. The van der Waals surface area contributed by atoms with Gasteiger partial charge in [-0.25, -0.2) is 4.98 Å². The van der Waals surface area contributed by atoms with Gasteiger partial charge in [-0.05, 0) is 31.9 Å². The number of carbonyl (C=O) groups excluding carboxylic acids is 1. The highest BCUT2D eigenvalue weighted by Crippen LogP contribution is 2.55. The SMILES string of the molecule is Cc1ccc(C(=O)NC[C@H]2[C@H]3CN(c4nccs4)C[C@]34CC[C@H]2O4)cc1. The smallest absolute Gasteiger partial charge is 0.251 e. The Morgan fingerprint density at radius 2 is 2.27 bits per heavy atom. The number of carbonyl (C=O) groups is 1. The fourth-order valence-electron chi connectivity index (χ4n) is 5.00. The second-order valence-electron chi connectivity index (χ2n) is 7.80. The lowest BCUT2D eigenvalue weighted by Crippen LogP contribution is -2.41. The average molecular weight is 369 g/mol. The number of ether oxygens (including phenoxy) is 1. The van der Waals surface area contributed by atoms with Crippen LogP contribution in [0.3, 0.4) is 0 Å². The van der Waals surface area contributed by atoms with E-state index in [2.05, 4.69) is 15.2 Å². The van der Waals surface area contributed by atoms with Crippen molar-refractivity contribution < 1.29 is 9.53 Å². The highest BCUT2D eigenvalue weighted by atomic mass is 32.1. The fourth-order valence-corrected chi connectivity index (χ4v) is 5.65. The molecule has 1 aromatic carbocycles. The summed E-state index contributed by atoms with van der Waals surface area (Å²) in [5, 5.41) is 6.27. The Hall–Kier alpha value is -1.92. The molecule has 2 bridgehead atoms. The maximum atomic E-state index is 12.5. The third-order valence-electron chi connectivity index (χ3n) is 6.29. The van der Waals surface area contributed by atoms with E-state index in [1.165, 1.54) is 5.56 Å². The molecule has 3 aliphatic heterocycles. The van der Waals surface area contributed by atoms with Crippen molar-refractivity contribution in [2.24, 2.45) is 11.8 Å². The molecule has 0 unspecified atom stereocenters. The van der Waals surface area contributed by atoms with Crippen LogP contribution in [0.5, 0.6) is 0 Å². The number of aryl methyl sites for hydroxylation is 1. The molecule has 0 saturated carbocycles. The van der Waals surface area contributed by atoms with E-state index in [0.717, 1.165) is 36.6 Å². The molecule has 4 atom stereocenters. The van der Waals surface area contributed by atoms with Gasteiger partial charge in [-0.2, -0.15) is 0 Å². The van der Waals surface area contributed by atoms with Gasteiger partial charge in [-0.3, -0.25) is 4.79 Å². The van der Waals surface area contributed by atoms with Crippen LogP contribution in [0.25, 0.3) is 0 Å². The third kappa shape index (κ3) is 2.55. The van der Waals surface area contributed by atoms with E-state index >= 15 is 0 Å². The van der Waals surface area contributed by atoms with Gasteiger partial charge in [-0.15, -0.1) is 11.3 Å². The molecule has 136 valence electrons. The van der Waals surface area contributed by atoms with Gasteiger partial charge >= 0.3 is 0 Å². The molecule has 3 aliphatic rings. The van der Waals surface area contributed by atoms with E-state index in [4.69, 9.17) is 4.74 Å². The van der Waals surface area contributed by atoms with Crippen LogP contribution in [0, 0.1) is 18.8 Å². The first-order chi connectivity index (χ1) is 12.6. The molecule has 3 saturated heterocycles. The van der Waals surface area contributed by atoms with E-state index in [0.29, 0.717) is 18.4 Å². The summed E-state index contributed by atoms with van der Waals surface area (Å²) >= 11 is 1.69. The van der Waals surface area contributed by atoms with Crippen LogP contribution in [-0.2, 0) is 4.74 Å². The zero-order valence-corrected chi connectivity index (χ0v) is 15.7. The lowest BCUT2D eigenvalue weighted by molar-refractivity contribution is 0.0141. The average Bonchev–Trinajstić information content (AvgIpc) is 3.40. The summed E-state index contributed by atoms with van der Waals surface area (Å²) in [4.78, 5) is 19.3. The van der Waals surface area contributed by atoms with Crippen molar-refractivity contribution in [2.75, 3.05) is 24.5 Å². The van der Waals surface area contributed by atoms with Crippen molar-refractivity contribution in [2.45, 2.75) is 31.5 Å². The Morgan fingerprint density at radius 3 is 3.04 bits per heavy atom. The Bertz CT molecular complexity index is 807. The zero-order valence-electron chi connectivity index (χ0n) is 14.9. The third-order valence-corrected chi connectivity index (χ3v) is 7.12. The number of amides is 1. The van der Waals surface area contributed by atoms with E-state index < -0.39 is 0 Å². The number of hydrogen-bond acceptors (Lipinski definition) is 5. The standard InChI is InChI=1S/C20H23N3O2S/c1-13-2-4-14(5-3-13)18(24)22-10-15-16-11-23(19-21-8-9-26-19)12-20(16)7-6-17(15)25-20/h2-5,8-9,15-17H,6-7,10-12H2,1H3,(H,22,24)/t15-,16+,17+,20+/m0/s1. The molecule has 26 heavy (non-hydrogen) atoms. The highest BCUT2D eigenvalue weighted by molar-refractivity contribution is 7.13. The maximum absolute atomic E-state index is 12.5. The van der Waals surface area contributed by atoms with E-state index in [1.54, 1.807) is 11.3 Å². The number of thiazole rings is 1. The van der Waals surface area contributed by atoms with Gasteiger partial charge in [0.05, 0.1) is 11.7 Å². The summed E-state index contributed by atoms with van der Waals surface area (Å²) < 4.78 is 6.46. The van der Waals surface area contributed by atoms with Crippen LogP contribution in [0.4, 0.5) is 5.13 Å². The topological polar surface area (TPSA) is 54.5 Å². The Balaban J connectivity index is 1.28. The van der Waals surface area contributed by atoms with Crippen LogP contribution in [0.2, 0.25) is 0 Å². The fraction of sp³-hybridized carbons (Fsp3) is 0.500. The van der Waals surface area contributed by atoms with Crippen molar-refractivity contribution >= 4 is 22.4 Å². The van der Waals surface area contributed by atoms with Crippen LogP contribution in [0.1, 0.15) is 28.8 Å². The summed E-state index contributed by atoms with van der Waals surface area (Å²) in [7, 11) is 0. The molecule has 0 radical (unpaired) electrons. The predicted octanol–water partition coefficient (Wildman–Crippen LogP) is 2.87. The van der Waals surface area contributed by atoms with Gasteiger partial charge in [-0.1, -0.05) is 17.7 Å². The number of fused-ring (bicyclic) bond motifs is 1. The molecule has 1 spiro atoms. The zero-order chi connectivity index (χ0) is 17.7. The first-order valence-corrected chi connectivity index (χ1v) is 10.2. The molecule has 4 heterocycles. The van der Waals surface area contributed by atoms with Crippen molar-refractivity contribution in [3.8, 4) is 0 Å². The number of nitrogens with one attached hydrogen (secondary N) is 1. The number of rotatable bonds is 4. The second kappa shape index (κ2) is 6.06. The molecular weight excluding hydrogens is 346 g/mol. The minimum Gasteiger partial charge on any atom is -0.369 e. The summed E-state index contributed by atoms with van der Waals surface area (Å²) in [6.07, 6.45) is 4.39. The summed E-state index contributed by atoms with van der Waals surface area (Å²) in [6, 6.07) is 7.74. The molecular formula is C20H23N3O2S. The number of aromatic nitrogens is 1. The van der Waals surface area contributed by atoms with E-state index in [9.17, 15) is 4.79 Å². The van der Waals surface area contributed by atoms with Crippen LogP contribution >= 0.6 is 11.3 Å². The van der Waals surface area contributed by atoms with Gasteiger partial charge in [0, 0.05) is 48.6 Å². The van der Waals surface area contributed by atoms with Crippen molar-refractivity contribution in [1.29, 1.82) is 0 Å². The van der Waals surface area contributed by atoms with Crippen LogP contribution in [0.15, 0.2) is 35.8 Å². The molecule has 3 fully saturated rings. The monoisotopic (exact) mass is 369 g/mol. The summed E-state index contributed by atoms with van der Waals surface area (Å²) in [5.41, 5.74) is 1.86. The van der Waals surface area contributed by atoms with E-state index in [1.807, 2.05) is 42.8 Å². The molecule has 1 N–H and O–H groups in total. The number of benzene rings is 1. The van der Waals surface area contributed by atoms with Crippen molar-refractivity contribution in [3.05, 3.63) is 47.0 Å². The summed E-state index contributed by atoms with van der Waals surface area (Å²) in [5.74, 6) is 0.878. The minimum atomic E-state index is -0.0322. The molecule has 0 aliphatic carbocycles. The molecule has 2 aromatic rings. The Kier molecular flexibility index (Phi) is 3.79. The largest absolute Gasteiger partial charge is 0.369 e. The number of hydrogen-bond donors (Lipinski definition) is 1. The van der Waals surface area contributed by atoms with Gasteiger partial charge in [0.15, 0.2) is 5.13 Å². The van der Waals surface area contributed by atoms with Gasteiger partial charge in [0.2, 0.25) is 0 Å². The Labute approximate surface area is 157 Å². The van der Waals surface area contributed by atoms with Gasteiger partial charge < -0.3 is 15.0 Å². The van der Waals surface area contributed by atoms with Crippen molar-refractivity contribution in [1.82, 2.24) is 10.3 Å². The van der Waals surface area contributed by atoms with Gasteiger partial charge in [0.1, 0.15) is 0 Å². The van der Waals surface area contributed by atoms with Crippen LogP contribution in [-0.4, -0.2) is 42.2 Å². The second-order valence-corrected chi connectivity index (χ2v) is 8.67. The molecule has 1 aromatic heterocycles. The number of nitrogens with zero attached hydrogens (tertiary/aromatic N) is 2.